The van der Waals surface area contributed by atoms with Gasteiger partial charge in [-0.1, -0.05) is 30.3 Å². The van der Waals surface area contributed by atoms with Crippen molar-refractivity contribution in [3.63, 3.8) is 0 Å². The molecule has 0 saturated carbocycles. The van der Waals surface area contributed by atoms with E-state index >= 15 is 0 Å². The maximum Gasteiger partial charge on any atom is 0.381 e. The number of benzene rings is 1. The summed E-state index contributed by atoms with van der Waals surface area (Å²) in [7, 11) is -2.45. The van der Waals surface area contributed by atoms with E-state index in [-0.39, 0.29) is 5.88 Å². The Bertz CT molecular complexity index is 620. The van der Waals surface area contributed by atoms with E-state index in [0.717, 1.165) is 5.56 Å². The van der Waals surface area contributed by atoms with Crippen LogP contribution in [0.15, 0.2) is 36.4 Å². The van der Waals surface area contributed by atoms with E-state index in [9.17, 15) is 8.42 Å². The zero-order valence-electron chi connectivity index (χ0n) is 9.07. The highest BCUT2D eigenvalue weighted by molar-refractivity contribution is 7.84. The monoisotopic (exact) mass is 253 g/mol. The van der Waals surface area contributed by atoms with Gasteiger partial charge in [0.15, 0.2) is 0 Å². The fraction of sp³-hybridized carbons (Fsp3) is 0.100. The van der Waals surface area contributed by atoms with E-state index in [1.165, 1.54) is 10.7 Å². The molecule has 0 bridgehead atoms. The Morgan fingerprint density at radius 1 is 1.29 bits per heavy atom. The molecule has 0 fully saturated rings. The van der Waals surface area contributed by atoms with Crippen molar-refractivity contribution >= 4 is 10.3 Å². The third kappa shape index (κ3) is 2.83. The quantitative estimate of drug-likeness (QED) is 0.870. The van der Waals surface area contributed by atoms with E-state index in [2.05, 4.69) is 9.28 Å². The summed E-state index contributed by atoms with van der Waals surface area (Å²) in [5.74, 6) is 0.0753. The van der Waals surface area contributed by atoms with Crippen molar-refractivity contribution in [3.05, 3.63) is 36.4 Å². The van der Waals surface area contributed by atoms with E-state index in [1.54, 1.807) is 7.05 Å². The molecule has 90 valence electrons. The van der Waals surface area contributed by atoms with Crippen molar-refractivity contribution in [1.82, 2.24) is 9.78 Å². The number of hydrogen-bond donors (Lipinski definition) is 1. The van der Waals surface area contributed by atoms with Crippen molar-refractivity contribution in [2.75, 3.05) is 0 Å². The molecule has 1 heterocycles. The van der Waals surface area contributed by atoms with Crippen LogP contribution < -0.4 is 9.32 Å². The van der Waals surface area contributed by atoms with Crippen LogP contribution in [0.2, 0.25) is 0 Å². The summed E-state index contributed by atoms with van der Waals surface area (Å²) in [4.78, 5) is 0. The molecular formula is C10H11N3O3S. The number of nitrogens with zero attached hydrogens (tertiary/aromatic N) is 2. The summed E-state index contributed by atoms with van der Waals surface area (Å²) in [6.45, 7) is 0. The van der Waals surface area contributed by atoms with Gasteiger partial charge in [0.25, 0.3) is 0 Å². The highest BCUT2D eigenvalue weighted by atomic mass is 32.2. The lowest BCUT2D eigenvalue weighted by Gasteiger charge is -1.99. The number of aryl methyl sites for hydroxylation is 1. The molecule has 0 aliphatic heterocycles. The molecule has 7 heteroatoms. The summed E-state index contributed by atoms with van der Waals surface area (Å²) >= 11 is 0. The first-order chi connectivity index (χ1) is 7.96. The molecule has 0 aliphatic carbocycles. The molecule has 1 aromatic carbocycles. The lowest BCUT2D eigenvalue weighted by atomic mass is 10.2. The van der Waals surface area contributed by atoms with E-state index in [0.29, 0.717) is 5.69 Å². The van der Waals surface area contributed by atoms with Gasteiger partial charge in [-0.2, -0.15) is 18.7 Å². The molecule has 6 nitrogen and oxygen atoms in total. The fourth-order valence-corrected chi connectivity index (χ4v) is 1.79. The summed E-state index contributed by atoms with van der Waals surface area (Å²) in [6.07, 6.45) is 0. The Morgan fingerprint density at radius 3 is 2.53 bits per heavy atom. The van der Waals surface area contributed by atoms with Gasteiger partial charge in [0.1, 0.15) is 0 Å². The summed E-state index contributed by atoms with van der Waals surface area (Å²) in [5.41, 5.74) is 1.49. The van der Waals surface area contributed by atoms with Gasteiger partial charge in [-0.3, -0.25) is 0 Å². The maximum absolute atomic E-state index is 10.8. The molecule has 2 N–H and O–H groups in total. The van der Waals surface area contributed by atoms with Crippen molar-refractivity contribution in [3.8, 4) is 17.1 Å². The molecule has 0 aliphatic rings. The molecule has 0 radical (unpaired) electrons. The summed E-state index contributed by atoms with van der Waals surface area (Å²) < 4.78 is 27.5. The van der Waals surface area contributed by atoms with Crippen LogP contribution in [0.5, 0.6) is 5.88 Å². The summed E-state index contributed by atoms with van der Waals surface area (Å²) in [6, 6.07) is 10.9. The second-order valence-corrected chi connectivity index (χ2v) is 4.59. The normalized spacial score (nSPS) is 11.4. The Morgan fingerprint density at radius 2 is 1.94 bits per heavy atom. The Kier molecular flexibility index (Phi) is 2.86. The molecule has 0 saturated heterocycles. The van der Waals surface area contributed by atoms with Crippen LogP contribution in [0.3, 0.4) is 0 Å². The van der Waals surface area contributed by atoms with E-state index in [1.807, 2.05) is 30.3 Å². The Labute approximate surface area is 98.9 Å². The zero-order valence-corrected chi connectivity index (χ0v) is 9.89. The minimum absolute atomic E-state index is 0.0753. The van der Waals surface area contributed by atoms with Crippen LogP contribution in [0.4, 0.5) is 0 Å². The predicted octanol–water partition coefficient (Wildman–Crippen LogP) is 0.669. The van der Waals surface area contributed by atoms with E-state index < -0.39 is 10.3 Å². The second kappa shape index (κ2) is 4.19. The average molecular weight is 253 g/mol. The standard InChI is InChI=1S/C10H11N3O3S/c1-13-10(16-17(11,14)15)7-9(12-13)8-5-3-2-4-6-8/h2-7H,1H3,(H2,11,14,15). The minimum Gasteiger partial charge on any atom is -0.351 e. The molecule has 0 amide bonds. The van der Waals surface area contributed by atoms with Crippen LogP contribution in [0.25, 0.3) is 11.3 Å². The largest absolute Gasteiger partial charge is 0.381 e. The highest BCUT2D eigenvalue weighted by Crippen LogP contribution is 2.22. The van der Waals surface area contributed by atoms with Gasteiger partial charge in [0, 0.05) is 18.7 Å². The Hall–Kier alpha value is -1.86. The molecule has 0 unspecified atom stereocenters. The van der Waals surface area contributed by atoms with Gasteiger partial charge in [0.05, 0.1) is 5.69 Å². The molecule has 17 heavy (non-hydrogen) atoms. The van der Waals surface area contributed by atoms with Gasteiger partial charge >= 0.3 is 10.3 Å². The van der Waals surface area contributed by atoms with Crippen molar-refractivity contribution in [1.29, 1.82) is 0 Å². The first-order valence-corrected chi connectivity index (χ1v) is 6.24. The van der Waals surface area contributed by atoms with Crippen LogP contribution in [0, 0.1) is 0 Å². The zero-order chi connectivity index (χ0) is 12.5. The molecular weight excluding hydrogens is 242 g/mol. The first kappa shape index (κ1) is 11.6. The van der Waals surface area contributed by atoms with Crippen molar-refractivity contribution in [2.24, 2.45) is 12.2 Å². The minimum atomic E-state index is -4.03. The van der Waals surface area contributed by atoms with Crippen LogP contribution >= 0.6 is 0 Å². The van der Waals surface area contributed by atoms with Crippen molar-refractivity contribution < 1.29 is 12.6 Å². The van der Waals surface area contributed by atoms with Gasteiger partial charge in [-0.25, -0.2) is 4.68 Å². The van der Waals surface area contributed by atoms with E-state index in [4.69, 9.17) is 5.14 Å². The van der Waals surface area contributed by atoms with Gasteiger partial charge < -0.3 is 4.18 Å². The second-order valence-electron chi connectivity index (χ2n) is 3.43. The number of aromatic nitrogens is 2. The third-order valence-corrected chi connectivity index (χ3v) is 2.51. The van der Waals surface area contributed by atoms with Crippen LogP contribution in [0.1, 0.15) is 0 Å². The lowest BCUT2D eigenvalue weighted by molar-refractivity contribution is 0.457. The smallest absolute Gasteiger partial charge is 0.351 e. The molecule has 2 aromatic rings. The first-order valence-electron chi connectivity index (χ1n) is 4.77. The van der Waals surface area contributed by atoms with Gasteiger partial charge in [-0.15, -0.1) is 0 Å². The topological polar surface area (TPSA) is 87.2 Å². The Balaban J connectivity index is 2.38. The molecule has 2 rings (SSSR count). The van der Waals surface area contributed by atoms with Gasteiger partial charge in [0.2, 0.25) is 5.88 Å². The average Bonchev–Trinajstić information content (AvgIpc) is 2.59. The molecule has 0 spiro atoms. The van der Waals surface area contributed by atoms with Crippen LogP contribution in [-0.2, 0) is 17.4 Å². The van der Waals surface area contributed by atoms with Crippen LogP contribution in [-0.4, -0.2) is 18.2 Å². The SMILES string of the molecule is Cn1nc(-c2ccccc2)cc1OS(N)(=O)=O. The predicted molar refractivity (Wildman–Crippen MR) is 62.4 cm³/mol. The number of rotatable bonds is 3. The van der Waals surface area contributed by atoms with Crippen molar-refractivity contribution in [2.45, 2.75) is 0 Å². The third-order valence-electron chi connectivity index (χ3n) is 2.11. The highest BCUT2D eigenvalue weighted by Gasteiger charge is 2.12. The lowest BCUT2D eigenvalue weighted by Crippen LogP contribution is -2.20. The number of nitrogens with two attached hydrogens (primary N) is 1. The fourth-order valence-electron chi connectivity index (χ4n) is 1.40. The summed E-state index contributed by atoms with van der Waals surface area (Å²) in [5, 5.41) is 8.93. The number of hydrogen-bond acceptors (Lipinski definition) is 4. The maximum atomic E-state index is 10.8. The molecule has 1 aromatic heterocycles. The molecule has 0 atom stereocenters. The van der Waals surface area contributed by atoms with Gasteiger partial charge in [-0.05, 0) is 0 Å².